The molecule has 0 spiro atoms. The first-order chi connectivity index (χ1) is 6.56. The largest absolute Gasteiger partial charge is 0.478 e. The summed E-state index contributed by atoms with van der Waals surface area (Å²) >= 11 is 0. The minimum Gasteiger partial charge on any atom is -0.478 e. The summed E-state index contributed by atoms with van der Waals surface area (Å²) in [7, 11) is 0. The van der Waals surface area contributed by atoms with E-state index in [-0.39, 0.29) is 17.3 Å². The van der Waals surface area contributed by atoms with Crippen molar-refractivity contribution in [2.75, 3.05) is 5.73 Å². The molecule has 0 unspecified atom stereocenters. The molecule has 1 aromatic rings. The fraction of sp³-hybridized carbons (Fsp3) is 0.100. The van der Waals surface area contributed by atoms with Crippen LogP contribution in [0.5, 0.6) is 0 Å². The minimum atomic E-state index is -1.05. The van der Waals surface area contributed by atoms with Crippen molar-refractivity contribution in [3.63, 3.8) is 0 Å². The Morgan fingerprint density at radius 1 is 1.57 bits per heavy atom. The molecule has 0 bridgehead atoms. The van der Waals surface area contributed by atoms with Gasteiger partial charge in [-0.3, -0.25) is 0 Å². The Morgan fingerprint density at radius 3 is 2.71 bits per heavy atom. The third-order valence-electron chi connectivity index (χ3n) is 1.95. The fourth-order valence-electron chi connectivity index (χ4n) is 1.10. The van der Waals surface area contributed by atoms with E-state index in [1.165, 1.54) is 18.2 Å². The smallest absolute Gasteiger partial charge is 0.337 e. The monoisotopic (exact) mass is 192 g/mol. The molecular formula is C10H12N2O2. The van der Waals surface area contributed by atoms with Crippen molar-refractivity contribution in [2.45, 2.75) is 6.04 Å². The standard InChI is InChI=1S/C10H12N2O2/c1-2-8(11)6-3-4-9(12)7(5-6)10(13)14/h2-5,8H,1,11-12H2,(H,13,14)/t8-/m1/s1. The highest BCUT2D eigenvalue weighted by atomic mass is 16.4. The molecule has 0 amide bonds. The van der Waals surface area contributed by atoms with E-state index in [2.05, 4.69) is 6.58 Å². The van der Waals surface area contributed by atoms with Gasteiger partial charge in [-0.15, -0.1) is 6.58 Å². The summed E-state index contributed by atoms with van der Waals surface area (Å²) in [5.41, 5.74) is 12.1. The molecule has 4 heteroatoms. The van der Waals surface area contributed by atoms with Crippen LogP contribution >= 0.6 is 0 Å². The number of hydrogen-bond acceptors (Lipinski definition) is 3. The Hall–Kier alpha value is -1.81. The maximum absolute atomic E-state index is 10.7. The van der Waals surface area contributed by atoms with Gasteiger partial charge in [0.1, 0.15) is 0 Å². The van der Waals surface area contributed by atoms with E-state index >= 15 is 0 Å². The number of hydrogen-bond donors (Lipinski definition) is 3. The van der Waals surface area contributed by atoms with Crippen LogP contribution in [-0.4, -0.2) is 11.1 Å². The molecule has 0 radical (unpaired) electrons. The first-order valence-electron chi connectivity index (χ1n) is 4.07. The summed E-state index contributed by atoms with van der Waals surface area (Å²) < 4.78 is 0. The van der Waals surface area contributed by atoms with E-state index in [0.29, 0.717) is 5.56 Å². The predicted molar refractivity (Wildman–Crippen MR) is 54.9 cm³/mol. The molecule has 1 atom stereocenters. The van der Waals surface area contributed by atoms with Gasteiger partial charge < -0.3 is 16.6 Å². The Bertz CT molecular complexity index is 374. The fourth-order valence-corrected chi connectivity index (χ4v) is 1.10. The number of nitrogen functional groups attached to an aromatic ring is 1. The average Bonchev–Trinajstić information content (AvgIpc) is 2.17. The summed E-state index contributed by atoms with van der Waals surface area (Å²) in [5, 5.41) is 8.80. The minimum absolute atomic E-state index is 0.0693. The third kappa shape index (κ3) is 1.92. The predicted octanol–water partition coefficient (Wildman–Crippen LogP) is 1.15. The van der Waals surface area contributed by atoms with Gasteiger partial charge in [-0.1, -0.05) is 12.1 Å². The van der Waals surface area contributed by atoms with Gasteiger partial charge in [-0.2, -0.15) is 0 Å². The highest BCUT2D eigenvalue weighted by Gasteiger charge is 2.10. The molecular weight excluding hydrogens is 180 g/mol. The molecule has 1 aromatic carbocycles. The zero-order valence-electron chi connectivity index (χ0n) is 7.60. The molecule has 0 saturated heterocycles. The third-order valence-corrected chi connectivity index (χ3v) is 1.95. The maximum Gasteiger partial charge on any atom is 0.337 e. The number of carboxylic acids is 1. The molecule has 4 nitrogen and oxygen atoms in total. The van der Waals surface area contributed by atoms with Crippen LogP contribution < -0.4 is 11.5 Å². The molecule has 0 aliphatic rings. The number of benzene rings is 1. The highest BCUT2D eigenvalue weighted by molar-refractivity contribution is 5.93. The van der Waals surface area contributed by atoms with Crippen LogP contribution in [0.4, 0.5) is 5.69 Å². The average molecular weight is 192 g/mol. The topological polar surface area (TPSA) is 89.3 Å². The van der Waals surface area contributed by atoms with E-state index in [0.717, 1.165) is 0 Å². The lowest BCUT2D eigenvalue weighted by atomic mass is 10.0. The van der Waals surface area contributed by atoms with E-state index in [1.54, 1.807) is 6.07 Å². The Kier molecular flexibility index (Phi) is 2.89. The number of rotatable bonds is 3. The van der Waals surface area contributed by atoms with Crippen LogP contribution in [0.3, 0.4) is 0 Å². The molecule has 1 rings (SSSR count). The van der Waals surface area contributed by atoms with Gasteiger partial charge in [-0.05, 0) is 17.7 Å². The molecule has 0 fully saturated rings. The zero-order valence-corrected chi connectivity index (χ0v) is 7.60. The second-order valence-corrected chi connectivity index (χ2v) is 2.91. The number of anilines is 1. The first kappa shape index (κ1) is 10.3. The normalized spacial score (nSPS) is 12.1. The second-order valence-electron chi connectivity index (χ2n) is 2.91. The van der Waals surface area contributed by atoms with E-state index in [9.17, 15) is 4.79 Å². The van der Waals surface area contributed by atoms with Crippen molar-refractivity contribution < 1.29 is 9.90 Å². The van der Waals surface area contributed by atoms with Crippen molar-refractivity contribution in [2.24, 2.45) is 5.73 Å². The number of carbonyl (C=O) groups is 1. The second kappa shape index (κ2) is 3.93. The van der Waals surface area contributed by atoms with Gasteiger partial charge >= 0.3 is 5.97 Å². The summed E-state index contributed by atoms with van der Waals surface area (Å²) in [6.07, 6.45) is 1.54. The van der Waals surface area contributed by atoms with Crippen molar-refractivity contribution in [3.8, 4) is 0 Å². The molecule has 5 N–H and O–H groups in total. The molecule has 0 aromatic heterocycles. The zero-order chi connectivity index (χ0) is 10.7. The van der Waals surface area contributed by atoms with Gasteiger partial charge in [0, 0.05) is 11.7 Å². The Morgan fingerprint density at radius 2 is 2.21 bits per heavy atom. The lowest BCUT2D eigenvalue weighted by Crippen LogP contribution is -2.09. The lowest BCUT2D eigenvalue weighted by molar-refractivity contribution is 0.0698. The lowest BCUT2D eigenvalue weighted by Gasteiger charge is -2.08. The molecule has 0 aliphatic carbocycles. The van der Waals surface area contributed by atoms with Crippen molar-refractivity contribution in [1.82, 2.24) is 0 Å². The van der Waals surface area contributed by atoms with Crippen LogP contribution in [0.25, 0.3) is 0 Å². The van der Waals surface area contributed by atoms with E-state index in [4.69, 9.17) is 16.6 Å². The van der Waals surface area contributed by atoms with Crippen LogP contribution in [-0.2, 0) is 0 Å². The highest BCUT2D eigenvalue weighted by Crippen LogP contribution is 2.18. The SMILES string of the molecule is C=C[C@@H](N)c1ccc(N)c(C(=O)O)c1. The van der Waals surface area contributed by atoms with Crippen LogP contribution in [0.2, 0.25) is 0 Å². The van der Waals surface area contributed by atoms with Crippen molar-refractivity contribution >= 4 is 11.7 Å². The van der Waals surface area contributed by atoms with Crippen molar-refractivity contribution in [1.29, 1.82) is 0 Å². The number of carboxylic acid groups (broad SMARTS) is 1. The molecule has 74 valence electrons. The quantitative estimate of drug-likeness (QED) is 0.495. The number of nitrogens with two attached hydrogens (primary N) is 2. The molecule has 14 heavy (non-hydrogen) atoms. The summed E-state index contributed by atoms with van der Waals surface area (Å²) in [4.78, 5) is 10.7. The van der Waals surface area contributed by atoms with Gasteiger partial charge in [0.05, 0.1) is 5.56 Å². The Labute approximate surface area is 81.8 Å². The molecule has 0 heterocycles. The van der Waals surface area contributed by atoms with Gasteiger partial charge in [-0.25, -0.2) is 4.79 Å². The maximum atomic E-state index is 10.7. The van der Waals surface area contributed by atoms with Crippen molar-refractivity contribution in [3.05, 3.63) is 42.0 Å². The molecule has 0 saturated carbocycles. The van der Waals surface area contributed by atoms with Gasteiger partial charge in [0.25, 0.3) is 0 Å². The summed E-state index contributed by atoms with van der Waals surface area (Å²) in [6, 6.07) is 4.31. The Balaban J connectivity index is 3.19. The molecule has 0 aliphatic heterocycles. The summed E-state index contributed by atoms with van der Waals surface area (Å²) in [5.74, 6) is -1.05. The van der Waals surface area contributed by atoms with Crippen LogP contribution in [0, 0.1) is 0 Å². The van der Waals surface area contributed by atoms with Crippen LogP contribution in [0.15, 0.2) is 30.9 Å². The first-order valence-corrected chi connectivity index (χ1v) is 4.07. The van der Waals surface area contributed by atoms with Gasteiger partial charge in [0.2, 0.25) is 0 Å². The van der Waals surface area contributed by atoms with E-state index in [1.807, 2.05) is 0 Å². The van der Waals surface area contributed by atoms with Gasteiger partial charge in [0.15, 0.2) is 0 Å². The van der Waals surface area contributed by atoms with E-state index < -0.39 is 5.97 Å². The summed E-state index contributed by atoms with van der Waals surface area (Å²) in [6.45, 7) is 3.53. The number of aromatic carboxylic acids is 1. The van der Waals surface area contributed by atoms with Crippen LogP contribution in [0.1, 0.15) is 22.0 Å².